The molecule has 2 aromatic heterocycles. The van der Waals surface area contributed by atoms with Gasteiger partial charge in [0, 0.05) is 22.3 Å². The molecule has 4 nitrogen and oxygen atoms in total. The number of carbonyl (C=O) groups is 2. The molecule has 2 heterocycles. The second kappa shape index (κ2) is 7.75. The number of ketones is 2. The minimum atomic E-state index is -0.128. The van der Waals surface area contributed by atoms with Gasteiger partial charge in [-0.2, -0.15) is 0 Å². The molecule has 0 spiro atoms. The molecule has 6 aromatic rings. The average molecular weight is 503 g/mol. The molecule has 36 heavy (non-hydrogen) atoms. The highest BCUT2D eigenvalue weighted by atomic mass is 32.1. The minimum Gasteiger partial charge on any atom is -0.289 e. The molecule has 0 N–H and O–H groups in total. The van der Waals surface area contributed by atoms with Crippen molar-refractivity contribution in [2.45, 2.75) is 13.8 Å². The summed E-state index contributed by atoms with van der Waals surface area (Å²) in [6.07, 6.45) is 0. The van der Waals surface area contributed by atoms with E-state index in [1.54, 1.807) is 12.1 Å². The van der Waals surface area contributed by atoms with Crippen molar-refractivity contribution < 1.29 is 9.59 Å². The van der Waals surface area contributed by atoms with Crippen molar-refractivity contribution in [3.05, 3.63) is 106 Å². The molecular weight excluding hydrogens is 484 g/mol. The predicted octanol–water partition coefficient (Wildman–Crippen LogP) is 7.63. The summed E-state index contributed by atoms with van der Waals surface area (Å²) in [5.41, 5.74) is 7.63. The molecule has 0 radical (unpaired) electrons. The molecule has 0 saturated heterocycles. The van der Waals surface area contributed by atoms with Crippen LogP contribution >= 0.6 is 22.7 Å². The summed E-state index contributed by atoms with van der Waals surface area (Å²) in [7, 11) is 0. The maximum absolute atomic E-state index is 13.8. The second-order valence-corrected chi connectivity index (χ2v) is 11.1. The summed E-state index contributed by atoms with van der Waals surface area (Å²) in [4.78, 5) is 37.2. The molecule has 4 aromatic carbocycles. The number of benzene rings is 4. The molecular formula is C30H18N2O2S2. The molecule has 172 valence electrons. The van der Waals surface area contributed by atoms with Gasteiger partial charge in [0.15, 0.2) is 11.6 Å². The molecule has 0 unspecified atom stereocenters. The third-order valence-electron chi connectivity index (χ3n) is 6.66. The van der Waals surface area contributed by atoms with Gasteiger partial charge >= 0.3 is 0 Å². The van der Waals surface area contributed by atoms with Crippen LogP contribution in [0.3, 0.4) is 0 Å². The lowest BCUT2D eigenvalue weighted by Gasteiger charge is -2.18. The smallest absolute Gasteiger partial charge is 0.196 e. The fourth-order valence-corrected chi connectivity index (χ4v) is 6.95. The molecule has 0 fully saturated rings. The Hall–Kier alpha value is -4.00. The van der Waals surface area contributed by atoms with Crippen molar-refractivity contribution in [1.29, 1.82) is 0 Å². The summed E-state index contributed by atoms with van der Waals surface area (Å²) < 4.78 is 1.52. The highest BCUT2D eigenvalue weighted by Crippen LogP contribution is 2.42. The Morgan fingerprint density at radius 2 is 0.917 bits per heavy atom. The largest absolute Gasteiger partial charge is 0.289 e. The van der Waals surface area contributed by atoms with Crippen molar-refractivity contribution in [2.24, 2.45) is 0 Å². The first-order chi connectivity index (χ1) is 17.5. The lowest BCUT2D eigenvalue weighted by molar-refractivity contribution is 0.0982. The Morgan fingerprint density at radius 1 is 0.528 bits per heavy atom. The van der Waals surface area contributed by atoms with Crippen LogP contribution in [0.2, 0.25) is 0 Å². The summed E-state index contributed by atoms with van der Waals surface area (Å²) >= 11 is 2.93. The maximum Gasteiger partial charge on any atom is 0.196 e. The van der Waals surface area contributed by atoms with E-state index in [9.17, 15) is 9.59 Å². The zero-order chi connectivity index (χ0) is 24.6. The van der Waals surface area contributed by atoms with Crippen molar-refractivity contribution in [3.63, 3.8) is 0 Å². The summed E-state index contributed by atoms with van der Waals surface area (Å²) in [5.74, 6) is -0.256. The van der Waals surface area contributed by atoms with Gasteiger partial charge in [-0.3, -0.25) is 9.59 Å². The topological polar surface area (TPSA) is 59.9 Å². The van der Waals surface area contributed by atoms with Gasteiger partial charge in [-0.25, -0.2) is 9.97 Å². The van der Waals surface area contributed by atoms with Crippen molar-refractivity contribution in [2.75, 3.05) is 0 Å². The fourth-order valence-electron chi connectivity index (χ4n) is 4.72. The Morgan fingerprint density at radius 3 is 1.31 bits per heavy atom. The molecule has 0 atom stereocenters. The van der Waals surface area contributed by atoms with Gasteiger partial charge in [0.1, 0.15) is 10.0 Å². The first kappa shape index (κ1) is 21.3. The van der Waals surface area contributed by atoms with Gasteiger partial charge < -0.3 is 0 Å². The molecule has 0 amide bonds. The molecule has 1 aliphatic rings. The average Bonchev–Trinajstić information content (AvgIpc) is 3.52. The predicted molar refractivity (Wildman–Crippen MR) is 146 cm³/mol. The van der Waals surface area contributed by atoms with E-state index in [0.717, 1.165) is 41.6 Å². The molecule has 1 aliphatic carbocycles. The first-order valence-corrected chi connectivity index (χ1v) is 13.2. The number of aryl methyl sites for hydroxylation is 2. The minimum absolute atomic E-state index is 0.128. The van der Waals surface area contributed by atoms with E-state index < -0.39 is 0 Å². The van der Waals surface area contributed by atoms with Gasteiger partial charge in [0.25, 0.3) is 0 Å². The van der Waals surface area contributed by atoms with Crippen LogP contribution in [0.4, 0.5) is 0 Å². The fraction of sp³-hybridized carbons (Fsp3) is 0.0667. The summed E-state index contributed by atoms with van der Waals surface area (Å²) in [6, 6.07) is 23.5. The number of hydrogen-bond acceptors (Lipinski definition) is 6. The van der Waals surface area contributed by atoms with E-state index in [0.29, 0.717) is 22.3 Å². The molecule has 7 rings (SSSR count). The summed E-state index contributed by atoms with van der Waals surface area (Å²) in [5, 5.41) is 1.68. The van der Waals surface area contributed by atoms with E-state index >= 15 is 0 Å². The Bertz CT molecular complexity index is 1740. The molecule has 0 saturated carbocycles. The van der Waals surface area contributed by atoms with Gasteiger partial charge in [-0.15, -0.1) is 22.7 Å². The Balaban J connectivity index is 1.39. The number of nitrogens with zero attached hydrogens (tertiary/aromatic N) is 2. The van der Waals surface area contributed by atoms with Crippen molar-refractivity contribution >= 4 is 54.7 Å². The normalized spacial score (nSPS) is 12.8. The Labute approximate surface area is 214 Å². The Kier molecular flexibility index (Phi) is 4.58. The lowest BCUT2D eigenvalue weighted by Crippen LogP contribution is -2.21. The SMILES string of the molecule is Cc1ccc(-c2nc3ccc4c(c3s2)C(=O)c2ccc3nc(-c5ccc(C)cc5)sc3c2C4=O)cc1. The van der Waals surface area contributed by atoms with Crippen LogP contribution < -0.4 is 0 Å². The number of rotatable bonds is 2. The van der Waals surface area contributed by atoms with Gasteiger partial charge in [-0.1, -0.05) is 59.7 Å². The number of aromatic nitrogens is 2. The lowest BCUT2D eigenvalue weighted by atomic mass is 9.84. The van der Waals surface area contributed by atoms with Crippen molar-refractivity contribution in [3.8, 4) is 21.1 Å². The first-order valence-electron chi connectivity index (χ1n) is 11.6. The van der Waals surface area contributed by atoms with Crippen molar-refractivity contribution in [1.82, 2.24) is 9.97 Å². The highest BCUT2D eigenvalue weighted by molar-refractivity contribution is 7.22. The highest BCUT2D eigenvalue weighted by Gasteiger charge is 2.34. The van der Waals surface area contributed by atoms with E-state index in [-0.39, 0.29) is 11.6 Å². The van der Waals surface area contributed by atoms with E-state index in [1.807, 2.05) is 74.5 Å². The standard InChI is InChI=1S/C30H18N2O2S2/c1-15-3-7-17(8-4-15)29-31-21-13-11-19-23(27(21)35-29)25(33)20-12-14-22-28(24(20)26(19)34)36-30(32-22)18-9-5-16(2)6-10-18/h3-14H,1-2H3. The number of carbonyl (C=O) groups excluding carboxylic acids is 2. The van der Waals surface area contributed by atoms with E-state index in [1.165, 1.54) is 33.8 Å². The second-order valence-electron chi connectivity index (χ2n) is 9.10. The third kappa shape index (κ3) is 3.11. The van der Waals surface area contributed by atoms with Crippen LogP contribution in [-0.2, 0) is 0 Å². The van der Waals surface area contributed by atoms with E-state index in [2.05, 4.69) is 0 Å². The number of fused-ring (bicyclic) bond motifs is 6. The zero-order valence-corrected chi connectivity index (χ0v) is 21.1. The summed E-state index contributed by atoms with van der Waals surface area (Å²) in [6.45, 7) is 4.09. The van der Waals surface area contributed by atoms with Gasteiger partial charge in [0.2, 0.25) is 0 Å². The maximum atomic E-state index is 13.8. The zero-order valence-electron chi connectivity index (χ0n) is 19.5. The van der Waals surface area contributed by atoms with Crippen LogP contribution in [0.25, 0.3) is 41.6 Å². The van der Waals surface area contributed by atoms with Crippen LogP contribution in [0.5, 0.6) is 0 Å². The molecule has 0 aliphatic heterocycles. The number of thiazole rings is 2. The van der Waals surface area contributed by atoms with Crippen LogP contribution in [0.15, 0.2) is 72.8 Å². The monoisotopic (exact) mass is 502 g/mol. The van der Waals surface area contributed by atoms with Crippen LogP contribution in [0, 0.1) is 13.8 Å². The van der Waals surface area contributed by atoms with Crippen LogP contribution in [-0.4, -0.2) is 21.5 Å². The third-order valence-corrected chi connectivity index (χ3v) is 8.93. The number of hydrogen-bond donors (Lipinski definition) is 0. The van der Waals surface area contributed by atoms with Crippen LogP contribution in [0.1, 0.15) is 43.0 Å². The van der Waals surface area contributed by atoms with E-state index in [4.69, 9.17) is 9.97 Å². The molecule has 0 bridgehead atoms. The quantitative estimate of drug-likeness (QED) is 0.244. The van der Waals surface area contributed by atoms with Gasteiger partial charge in [-0.05, 0) is 38.1 Å². The van der Waals surface area contributed by atoms with Gasteiger partial charge in [0.05, 0.1) is 31.6 Å². The molecule has 6 heteroatoms.